The summed E-state index contributed by atoms with van der Waals surface area (Å²) in [5.74, 6) is -0.0204. The summed E-state index contributed by atoms with van der Waals surface area (Å²) in [6, 6.07) is 15.6. The number of likely N-dealkylation sites (tertiary alicyclic amines) is 1. The zero-order valence-corrected chi connectivity index (χ0v) is 14.5. The first kappa shape index (κ1) is 16.7. The standard InChI is InChI=1S/C21H21N3O2/c25-21(20-19-9-2-1-6-16(19)10-12-23-20)24-13-5-8-18(14-24)26-15-17-7-3-4-11-22-17/h1-4,6-7,9-12,18H,5,8,13-15H2. The molecule has 1 unspecified atom stereocenters. The smallest absolute Gasteiger partial charge is 0.273 e. The van der Waals surface area contributed by atoms with E-state index in [0.29, 0.717) is 18.8 Å². The maximum absolute atomic E-state index is 13.0. The fraction of sp³-hybridized carbons (Fsp3) is 0.286. The molecular weight excluding hydrogens is 326 g/mol. The quantitative estimate of drug-likeness (QED) is 0.725. The van der Waals surface area contributed by atoms with Crippen molar-refractivity contribution in [2.75, 3.05) is 13.1 Å². The van der Waals surface area contributed by atoms with Gasteiger partial charge >= 0.3 is 0 Å². The number of ether oxygens (including phenoxy) is 1. The summed E-state index contributed by atoms with van der Waals surface area (Å²) in [5, 5.41) is 1.93. The second kappa shape index (κ2) is 7.62. The average Bonchev–Trinajstić information content (AvgIpc) is 2.72. The van der Waals surface area contributed by atoms with Gasteiger partial charge in [-0.1, -0.05) is 30.3 Å². The molecule has 1 amide bonds. The largest absolute Gasteiger partial charge is 0.370 e. The Morgan fingerprint density at radius 2 is 1.96 bits per heavy atom. The number of hydrogen-bond acceptors (Lipinski definition) is 4. The Morgan fingerprint density at radius 3 is 2.85 bits per heavy atom. The average molecular weight is 347 g/mol. The first-order valence-corrected chi connectivity index (χ1v) is 8.96. The maximum atomic E-state index is 13.0. The Bertz CT molecular complexity index is 893. The van der Waals surface area contributed by atoms with Crippen LogP contribution in [0, 0.1) is 0 Å². The normalized spacial score (nSPS) is 17.4. The van der Waals surface area contributed by atoms with Crippen molar-refractivity contribution in [3.05, 3.63) is 72.3 Å². The summed E-state index contributed by atoms with van der Waals surface area (Å²) in [6.07, 6.45) is 5.39. The van der Waals surface area contributed by atoms with Crippen LogP contribution in [0.15, 0.2) is 60.9 Å². The Labute approximate surface area is 152 Å². The minimum Gasteiger partial charge on any atom is -0.370 e. The van der Waals surface area contributed by atoms with E-state index in [1.807, 2.05) is 53.4 Å². The Balaban J connectivity index is 1.46. The monoisotopic (exact) mass is 347 g/mol. The molecule has 0 bridgehead atoms. The van der Waals surface area contributed by atoms with Gasteiger partial charge in [-0.25, -0.2) is 0 Å². The first-order valence-electron chi connectivity index (χ1n) is 8.96. The number of hydrogen-bond donors (Lipinski definition) is 0. The molecule has 0 radical (unpaired) electrons. The molecule has 3 heterocycles. The van der Waals surface area contributed by atoms with Gasteiger partial charge in [0.15, 0.2) is 0 Å². The highest BCUT2D eigenvalue weighted by atomic mass is 16.5. The predicted octanol–water partition coefficient (Wildman–Crippen LogP) is 3.45. The van der Waals surface area contributed by atoms with Gasteiger partial charge in [0.1, 0.15) is 5.69 Å². The topological polar surface area (TPSA) is 55.3 Å². The highest BCUT2D eigenvalue weighted by Crippen LogP contribution is 2.21. The molecule has 3 aromatic rings. The lowest BCUT2D eigenvalue weighted by molar-refractivity contribution is -0.00794. The summed E-state index contributed by atoms with van der Waals surface area (Å²) >= 11 is 0. The molecule has 1 aromatic carbocycles. The zero-order valence-electron chi connectivity index (χ0n) is 14.5. The highest BCUT2D eigenvalue weighted by Gasteiger charge is 2.26. The Morgan fingerprint density at radius 1 is 1.08 bits per heavy atom. The van der Waals surface area contributed by atoms with Crippen molar-refractivity contribution in [2.45, 2.75) is 25.6 Å². The van der Waals surface area contributed by atoms with Crippen LogP contribution in [0.3, 0.4) is 0 Å². The summed E-state index contributed by atoms with van der Waals surface area (Å²) in [4.78, 5) is 23.5. The van der Waals surface area contributed by atoms with Gasteiger partial charge in [-0.05, 0) is 36.4 Å². The van der Waals surface area contributed by atoms with E-state index in [1.54, 1.807) is 12.4 Å². The molecule has 4 rings (SSSR count). The number of nitrogens with zero attached hydrogens (tertiary/aromatic N) is 3. The zero-order chi connectivity index (χ0) is 17.8. The minimum atomic E-state index is -0.0204. The Hall–Kier alpha value is -2.79. The van der Waals surface area contributed by atoms with Crippen LogP contribution in [0.2, 0.25) is 0 Å². The van der Waals surface area contributed by atoms with Crippen LogP contribution >= 0.6 is 0 Å². The van der Waals surface area contributed by atoms with E-state index < -0.39 is 0 Å². The molecular formula is C21H21N3O2. The number of fused-ring (bicyclic) bond motifs is 1. The number of amides is 1. The van der Waals surface area contributed by atoms with E-state index in [2.05, 4.69) is 9.97 Å². The van der Waals surface area contributed by atoms with Crippen LogP contribution in [0.5, 0.6) is 0 Å². The van der Waals surface area contributed by atoms with Gasteiger partial charge in [0.25, 0.3) is 5.91 Å². The number of pyridine rings is 2. The van der Waals surface area contributed by atoms with Crippen LogP contribution in [0.25, 0.3) is 10.8 Å². The summed E-state index contributed by atoms with van der Waals surface area (Å²) in [6.45, 7) is 1.81. The fourth-order valence-corrected chi connectivity index (χ4v) is 3.39. The van der Waals surface area contributed by atoms with Gasteiger partial charge in [-0.2, -0.15) is 0 Å². The van der Waals surface area contributed by atoms with Crippen LogP contribution in [-0.4, -0.2) is 40.0 Å². The minimum absolute atomic E-state index is 0.0204. The number of benzene rings is 1. The molecule has 5 heteroatoms. The molecule has 5 nitrogen and oxygen atoms in total. The summed E-state index contributed by atoms with van der Waals surface area (Å²) in [7, 11) is 0. The third kappa shape index (κ3) is 3.58. The van der Waals surface area contributed by atoms with Gasteiger partial charge in [0.05, 0.1) is 18.4 Å². The van der Waals surface area contributed by atoms with Crippen LogP contribution in [-0.2, 0) is 11.3 Å². The molecule has 0 saturated carbocycles. The maximum Gasteiger partial charge on any atom is 0.273 e. The van der Waals surface area contributed by atoms with Crippen LogP contribution < -0.4 is 0 Å². The lowest BCUT2D eigenvalue weighted by Gasteiger charge is -2.32. The van der Waals surface area contributed by atoms with Crippen molar-refractivity contribution in [3.63, 3.8) is 0 Å². The lowest BCUT2D eigenvalue weighted by atomic mass is 10.1. The van der Waals surface area contributed by atoms with E-state index in [9.17, 15) is 4.79 Å². The van der Waals surface area contributed by atoms with Crippen molar-refractivity contribution in [1.29, 1.82) is 0 Å². The van der Waals surface area contributed by atoms with Crippen LogP contribution in [0.4, 0.5) is 0 Å². The molecule has 2 aromatic heterocycles. The van der Waals surface area contributed by atoms with E-state index >= 15 is 0 Å². The molecule has 1 saturated heterocycles. The summed E-state index contributed by atoms with van der Waals surface area (Å²) < 4.78 is 6.00. The molecule has 1 aliphatic heterocycles. The van der Waals surface area contributed by atoms with Crippen molar-refractivity contribution in [1.82, 2.24) is 14.9 Å². The molecule has 0 aliphatic carbocycles. The van der Waals surface area contributed by atoms with Gasteiger partial charge in [-0.15, -0.1) is 0 Å². The van der Waals surface area contributed by atoms with Gasteiger partial charge in [-0.3, -0.25) is 14.8 Å². The van der Waals surface area contributed by atoms with Crippen LogP contribution in [0.1, 0.15) is 29.0 Å². The molecule has 1 atom stereocenters. The Kier molecular flexibility index (Phi) is 4.88. The lowest BCUT2D eigenvalue weighted by Crippen LogP contribution is -2.43. The number of piperidine rings is 1. The van der Waals surface area contributed by atoms with E-state index in [1.165, 1.54) is 0 Å². The van der Waals surface area contributed by atoms with Crippen molar-refractivity contribution in [3.8, 4) is 0 Å². The van der Waals surface area contributed by atoms with Gasteiger partial charge < -0.3 is 9.64 Å². The number of aromatic nitrogens is 2. The third-order valence-corrected chi connectivity index (χ3v) is 4.73. The number of carbonyl (C=O) groups is 1. The van der Waals surface area contributed by atoms with Crippen molar-refractivity contribution >= 4 is 16.7 Å². The highest BCUT2D eigenvalue weighted by molar-refractivity contribution is 6.05. The second-order valence-corrected chi connectivity index (χ2v) is 6.53. The summed E-state index contributed by atoms with van der Waals surface area (Å²) in [5.41, 5.74) is 1.43. The fourth-order valence-electron chi connectivity index (χ4n) is 3.39. The van der Waals surface area contributed by atoms with E-state index in [0.717, 1.165) is 35.9 Å². The molecule has 0 spiro atoms. The first-order chi connectivity index (χ1) is 12.8. The molecule has 0 N–H and O–H groups in total. The number of rotatable bonds is 4. The van der Waals surface area contributed by atoms with Crippen molar-refractivity contribution < 1.29 is 9.53 Å². The predicted molar refractivity (Wildman–Crippen MR) is 99.7 cm³/mol. The van der Waals surface area contributed by atoms with Crippen molar-refractivity contribution in [2.24, 2.45) is 0 Å². The van der Waals surface area contributed by atoms with E-state index in [4.69, 9.17) is 4.74 Å². The number of carbonyl (C=O) groups excluding carboxylic acids is 1. The van der Waals surface area contributed by atoms with E-state index in [-0.39, 0.29) is 12.0 Å². The molecule has 1 fully saturated rings. The molecule has 132 valence electrons. The molecule has 1 aliphatic rings. The van der Waals surface area contributed by atoms with Gasteiger partial charge in [0, 0.05) is 30.9 Å². The second-order valence-electron chi connectivity index (χ2n) is 6.53. The van der Waals surface area contributed by atoms with Gasteiger partial charge in [0.2, 0.25) is 0 Å². The SMILES string of the molecule is O=C(c1nccc2ccccc12)N1CCCC(OCc2ccccn2)C1. The third-order valence-electron chi connectivity index (χ3n) is 4.73. The molecule has 26 heavy (non-hydrogen) atoms.